The van der Waals surface area contributed by atoms with Gasteiger partial charge in [0, 0.05) is 29.8 Å². The van der Waals surface area contributed by atoms with E-state index >= 15 is 0 Å². The van der Waals surface area contributed by atoms with Gasteiger partial charge in [0.15, 0.2) is 0 Å². The molecule has 1 atom stereocenters. The molecule has 2 N–H and O–H groups in total. The number of rotatable bonds is 3. The van der Waals surface area contributed by atoms with Crippen LogP contribution in [-0.2, 0) is 4.74 Å². The zero-order valence-electron chi connectivity index (χ0n) is 9.29. The molecule has 16 heavy (non-hydrogen) atoms. The Morgan fingerprint density at radius 3 is 3.25 bits per heavy atom. The molecule has 1 unspecified atom stereocenters. The van der Waals surface area contributed by atoms with Crippen LogP contribution in [0.5, 0.6) is 0 Å². The first-order valence-electron chi connectivity index (χ1n) is 5.43. The Morgan fingerprint density at radius 2 is 2.56 bits per heavy atom. The number of aryl methyl sites for hydroxylation is 1. The third kappa shape index (κ3) is 3.17. The zero-order valence-corrected chi connectivity index (χ0v) is 10.9. The second-order valence-corrected chi connectivity index (χ2v) is 4.78. The molecule has 1 fully saturated rings. The van der Waals surface area contributed by atoms with Gasteiger partial charge in [-0.15, -0.1) is 0 Å². The molecule has 0 spiro atoms. The molecule has 0 saturated carbocycles. The van der Waals surface area contributed by atoms with E-state index in [1.807, 2.05) is 12.3 Å². The normalized spacial score (nSPS) is 20.8. The smallest absolute Gasteiger partial charge is 0.126 e. The monoisotopic (exact) mass is 285 g/mol. The average Bonchev–Trinajstić information content (AvgIpc) is 2.32. The summed E-state index contributed by atoms with van der Waals surface area (Å²) >= 11 is 3.43. The van der Waals surface area contributed by atoms with E-state index in [1.54, 1.807) is 0 Å². The van der Waals surface area contributed by atoms with E-state index < -0.39 is 0 Å². The first-order chi connectivity index (χ1) is 7.75. The molecular weight excluding hydrogens is 270 g/mol. The van der Waals surface area contributed by atoms with E-state index in [-0.39, 0.29) is 0 Å². The number of halogens is 1. The molecule has 1 saturated heterocycles. The Labute approximate surface area is 104 Å². The third-order valence-corrected chi connectivity index (χ3v) is 3.41. The van der Waals surface area contributed by atoms with Crippen molar-refractivity contribution in [2.45, 2.75) is 13.0 Å². The lowest BCUT2D eigenvalue weighted by molar-refractivity contribution is 0.0806. The molecule has 0 aromatic carbocycles. The van der Waals surface area contributed by atoms with E-state index in [1.165, 1.54) is 5.56 Å². The molecule has 2 rings (SSSR count). The van der Waals surface area contributed by atoms with Crippen LogP contribution in [0.1, 0.15) is 5.56 Å². The Morgan fingerprint density at radius 1 is 1.69 bits per heavy atom. The number of nitrogens with one attached hydrogen (secondary N) is 2. The summed E-state index contributed by atoms with van der Waals surface area (Å²) in [6.45, 7) is 5.40. The fraction of sp³-hybridized carbons (Fsp3) is 0.545. The molecule has 1 aliphatic heterocycles. The number of nitrogens with zero attached hydrogens (tertiary/aromatic N) is 1. The number of anilines is 1. The van der Waals surface area contributed by atoms with Crippen molar-refractivity contribution in [1.29, 1.82) is 0 Å². The minimum absolute atomic E-state index is 0.375. The lowest BCUT2D eigenvalue weighted by atomic mass is 10.2. The van der Waals surface area contributed by atoms with Crippen LogP contribution in [0.2, 0.25) is 0 Å². The molecule has 88 valence electrons. The van der Waals surface area contributed by atoms with Gasteiger partial charge in [0.25, 0.3) is 0 Å². The standard InChI is InChI=1S/C11H16BrN3O/c1-8-4-11(15-6-10(8)12)14-5-9-7-16-3-2-13-9/h4,6,9,13H,2-3,5,7H2,1H3,(H,14,15). The lowest BCUT2D eigenvalue weighted by Gasteiger charge is -2.24. The summed E-state index contributed by atoms with van der Waals surface area (Å²) in [4.78, 5) is 4.30. The van der Waals surface area contributed by atoms with Gasteiger partial charge in [-0.25, -0.2) is 4.98 Å². The second-order valence-electron chi connectivity index (χ2n) is 3.93. The summed E-state index contributed by atoms with van der Waals surface area (Å²) < 4.78 is 6.42. The van der Waals surface area contributed by atoms with Crippen LogP contribution in [-0.4, -0.2) is 37.3 Å². The van der Waals surface area contributed by atoms with Gasteiger partial charge < -0.3 is 15.4 Å². The van der Waals surface area contributed by atoms with E-state index in [4.69, 9.17) is 4.74 Å². The predicted octanol–water partition coefficient (Wildman–Crippen LogP) is 1.55. The van der Waals surface area contributed by atoms with Crippen LogP contribution in [0.3, 0.4) is 0 Å². The van der Waals surface area contributed by atoms with Crippen LogP contribution >= 0.6 is 15.9 Å². The first-order valence-corrected chi connectivity index (χ1v) is 6.22. The number of morpholine rings is 1. The summed E-state index contributed by atoms with van der Waals surface area (Å²) in [6, 6.07) is 2.41. The molecule has 0 aliphatic carbocycles. The summed E-state index contributed by atoms with van der Waals surface area (Å²) in [6.07, 6.45) is 1.82. The maximum atomic E-state index is 5.38. The van der Waals surface area contributed by atoms with Crippen molar-refractivity contribution >= 4 is 21.7 Å². The zero-order chi connectivity index (χ0) is 11.4. The van der Waals surface area contributed by atoms with Gasteiger partial charge in [-0.1, -0.05) is 0 Å². The minimum atomic E-state index is 0.375. The third-order valence-electron chi connectivity index (χ3n) is 2.57. The highest BCUT2D eigenvalue weighted by molar-refractivity contribution is 9.10. The van der Waals surface area contributed by atoms with Crippen molar-refractivity contribution in [3.05, 3.63) is 22.3 Å². The predicted molar refractivity (Wildman–Crippen MR) is 67.8 cm³/mol. The summed E-state index contributed by atoms with van der Waals surface area (Å²) in [5.41, 5.74) is 1.19. The maximum absolute atomic E-state index is 5.38. The summed E-state index contributed by atoms with van der Waals surface area (Å²) in [7, 11) is 0. The first kappa shape index (κ1) is 11.8. The van der Waals surface area contributed by atoms with E-state index in [9.17, 15) is 0 Å². The van der Waals surface area contributed by atoms with Crippen LogP contribution < -0.4 is 10.6 Å². The summed E-state index contributed by atoms with van der Waals surface area (Å²) in [5, 5.41) is 6.70. The highest BCUT2D eigenvalue weighted by Crippen LogP contribution is 2.17. The Hall–Kier alpha value is -0.650. The lowest BCUT2D eigenvalue weighted by Crippen LogP contribution is -2.45. The second kappa shape index (κ2) is 5.61. The van der Waals surface area contributed by atoms with Gasteiger partial charge in [0.05, 0.1) is 13.2 Å². The van der Waals surface area contributed by atoms with Gasteiger partial charge in [0.2, 0.25) is 0 Å². The largest absolute Gasteiger partial charge is 0.378 e. The molecule has 0 bridgehead atoms. The average molecular weight is 286 g/mol. The van der Waals surface area contributed by atoms with Gasteiger partial charge in [-0.05, 0) is 34.5 Å². The number of ether oxygens (including phenoxy) is 1. The van der Waals surface area contributed by atoms with E-state index in [2.05, 4.69) is 38.5 Å². The number of pyridine rings is 1. The Balaban J connectivity index is 1.86. The molecule has 2 heterocycles. The van der Waals surface area contributed by atoms with Crippen molar-refractivity contribution < 1.29 is 4.74 Å². The van der Waals surface area contributed by atoms with Crippen molar-refractivity contribution in [3.8, 4) is 0 Å². The van der Waals surface area contributed by atoms with Gasteiger partial charge in [0.1, 0.15) is 5.82 Å². The molecule has 4 nitrogen and oxygen atoms in total. The Kier molecular flexibility index (Phi) is 4.15. The van der Waals surface area contributed by atoms with E-state index in [0.717, 1.165) is 36.6 Å². The Bertz CT molecular complexity index is 353. The number of hydrogen-bond donors (Lipinski definition) is 2. The van der Waals surface area contributed by atoms with Crippen molar-refractivity contribution in [2.75, 3.05) is 31.6 Å². The number of hydrogen-bond acceptors (Lipinski definition) is 4. The quantitative estimate of drug-likeness (QED) is 0.885. The molecule has 0 radical (unpaired) electrons. The molecule has 5 heteroatoms. The fourth-order valence-corrected chi connectivity index (χ4v) is 1.83. The van der Waals surface area contributed by atoms with Gasteiger partial charge in [-0.3, -0.25) is 0 Å². The topological polar surface area (TPSA) is 46.2 Å². The van der Waals surface area contributed by atoms with Crippen LogP contribution in [0.15, 0.2) is 16.7 Å². The van der Waals surface area contributed by atoms with Gasteiger partial charge in [-0.2, -0.15) is 0 Å². The minimum Gasteiger partial charge on any atom is -0.378 e. The van der Waals surface area contributed by atoms with Gasteiger partial charge >= 0.3 is 0 Å². The van der Waals surface area contributed by atoms with Crippen LogP contribution in [0.4, 0.5) is 5.82 Å². The molecule has 1 aromatic heterocycles. The van der Waals surface area contributed by atoms with E-state index in [0.29, 0.717) is 6.04 Å². The SMILES string of the molecule is Cc1cc(NCC2COCCN2)ncc1Br. The molecule has 1 aliphatic rings. The van der Waals surface area contributed by atoms with Crippen LogP contribution in [0, 0.1) is 6.92 Å². The summed E-state index contributed by atoms with van der Waals surface area (Å²) in [5.74, 6) is 0.910. The fourth-order valence-electron chi connectivity index (χ4n) is 1.61. The van der Waals surface area contributed by atoms with Crippen LogP contribution in [0.25, 0.3) is 0 Å². The van der Waals surface area contributed by atoms with Crippen molar-refractivity contribution in [2.24, 2.45) is 0 Å². The highest BCUT2D eigenvalue weighted by Gasteiger charge is 2.12. The maximum Gasteiger partial charge on any atom is 0.126 e. The molecule has 0 amide bonds. The molecular formula is C11H16BrN3O. The van der Waals surface area contributed by atoms with Crippen molar-refractivity contribution in [3.63, 3.8) is 0 Å². The molecule has 1 aromatic rings. The van der Waals surface area contributed by atoms with Crippen molar-refractivity contribution in [1.82, 2.24) is 10.3 Å². The number of aromatic nitrogens is 1. The highest BCUT2D eigenvalue weighted by atomic mass is 79.9.